The fraction of sp³-hybridized carbons (Fsp3) is 0.300. The zero-order chi connectivity index (χ0) is 29.3. The molecule has 10 heteroatoms. The number of phenolic OH excluding ortho intramolecular Hbond substituents is 1. The molecule has 0 aromatic heterocycles. The normalized spacial score (nSPS) is 12.6. The van der Waals surface area contributed by atoms with Crippen molar-refractivity contribution in [3.8, 4) is 11.5 Å². The second kappa shape index (κ2) is 13.9. The Morgan fingerprint density at radius 2 is 1.60 bits per heavy atom. The third-order valence-electron chi connectivity index (χ3n) is 6.24. The summed E-state index contributed by atoms with van der Waals surface area (Å²) in [6.45, 7) is 0.114. The topological polar surface area (TPSA) is 66.8 Å². The second-order valence-electron chi connectivity index (χ2n) is 9.35. The van der Waals surface area contributed by atoms with Gasteiger partial charge in [0.15, 0.2) is 17.4 Å². The number of aliphatic carboxylic acids is 1. The average molecular weight is 567 g/mol. The number of hydrogen-bond donors (Lipinski definition) is 2. The molecule has 2 N–H and O–H groups in total. The largest absolute Gasteiger partial charge is 0.503 e. The first kappa shape index (κ1) is 30.6. The summed E-state index contributed by atoms with van der Waals surface area (Å²) in [5, 5.41) is 18.3. The fourth-order valence-corrected chi connectivity index (χ4v) is 4.15. The van der Waals surface area contributed by atoms with E-state index in [1.807, 2.05) is 0 Å². The Morgan fingerprint density at radius 1 is 0.925 bits per heavy atom. The molecule has 3 aromatic rings. The molecule has 0 aliphatic rings. The molecule has 0 saturated heterocycles. The molecule has 3 rings (SSSR count). The Labute approximate surface area is 227 Å². The average Bonchev–Trinajstić information content (AvgIpc) is 2.88. The lowest BCUT2D eigenvalue weighted by molar-refractivity contribution is -0.138. The Balaban J connectivity index is 1.72. The van der Waals surface area contributed by atoms with E-state index in [-0.39, 0.29) is 30.9 Å². The summed E-state index contributed by atoms with van der Waals surface area (Å²) in [4.78, 5) is 10.8. The predicted octanol–water partition coefficient (Wildman–Crippen LogP) is 7.97. The number of halogens is 6. The first-order chi connectivity index (χ1) is 18.9. The number of aromatic hydroxyl groups is 1. The van der Waals surface area contributed by atoms with Crippen LogP contribution in [0, 0.1) is 23.4 Å². The van der Waals surface area contributed by atoms with E-state index in [1.54, 1.807) is 12.2 Å². The number of allylic oxidation sites excluding steroid dienone is 1. The summed E-state index contributed by atoms with van der Waals surface area (Å²) in [5.41, 5.74) is 0.541. The van der Waals surface area contributed by atoms with Crippen molar-refractivity contribution in [1.29, 1.82) is 0 Å². The van der Waals surface area contributed by atoms with Gasteiger partial charge in [0, 0.05) is 18.4 Å². The number of carbonyl (C=O) groups is 1. The quantitative estimate of drug-likeness (QED) is 0.163. The summed E-state index contributed by atoms with van der Waals surface area (Å²) < 4.78 is 85.8. The van der Waals surface area contributed by atoms with Gasteiger partial charge in [-0.3, -0.25) is 4.79 Å². The predicted molar refractivity (Wildman–Crippen MR) is 137 cm³/mol. The lowest BCUT2D eigenvalue weighted by Crippen LogP contribution is -2.06. The van der Waals surface area contributed by atoms with E-state index in [2.05, 4.69) is 0 Å². The van der Waals surface area contributed by atoms with E-state index in [4.69, 9.17) is 9.84 Å². The molecule has 0 saturated carbocycles. The fourth-order valence-electron chi connectivity index (χ4n) is 4.15. The van der Waals surface area contributed by atoms with Crippen LogP contribution in [-0.2, 0) is 23.8 Å². The molecule has 4 nitrogen and oxygen atoms in total. The van der Waals surface area contributed by atoms with Crippen LogP contribution in [0.2, 0.25) is 0 Å². The van der Waals surface area contributed by atoms with E-state index in [9.17, 15) is 36.2 Å². The number of carboxylic acids is 1. The number of alkyl halides is 3. The first-order valence-corrected chi connectivity index (χ1v) is 12.6. The zero-order valence-electron chi connectivity index (χ0n) is 21.4. The highest BCUT2D eigenvalue weighted by atomic mass is 19.4. The Morgan fingerprint density at radius 3 is 2.23 bits per heavy atom. The minimum absolute atomic E-state index is 0.0281. The summed E-state index contributed by atoms with van der Waals surface area (Å²) >= 11 is 0. The van der Waals surface area contributed by atoms with Crippen molar-refractivity contribution in [3.63, 3.8) is 0 Å². The van der Waals surface area contributed by atoms with Crippen molar-refractivity contribution in [2.24, 2.45) is 5.92 Å². The molecule has 214 valence electrons. The standard InChI is InChI=1S/C30H28F6O4/c31-24-11-12-27(40-14-13-19-6-9-23(10-7-19)30(34,35)36)22(18-24)8-5-20(3-1-2-4-28(37)38)15-21-16-25(32)29(39)26(33)17-21/h5-12,16-18,20,39H,1-4,13-15H2,(H,37,38). The van der Waals surface area contributed by atoms with Crippen LogP contribution < -0.4 is 4.74 Å². The van der Waals surface area contributed by atoms with Crippen LogP contribution in [0.4, 0.5) is 26.3 Å². The highest BCUT2D eigenvalue weighted by molar-refractivity contribution is 5.66. The van der Waals surface area contributed by atoms with Gasteiger partial charge in [-0.25, -0.2) is 13.2 Å². The lowest BCUT2D eigenvalue weighted by atomic mass is 9.92. The Hall–Kier alpha value is -3.95. The van der Waals surface area contributed by atoms with Crippen molar-refractivity contribution >= 4 is 12.0 Å². The monoisotopic (exact) mass is 566 g/mol. The molecule has 0 amide bonds. The summed E-state index contributed by atoms with van der Waals surface area (Å²) in [6, 6.07) is 10.6. The number of hydrogen-bond acceptors (Lipinski definition) is 3. The van der Waals surface area contributed by atoms with Crippen LogP contribution in [0.5, 0.6) is 11.5 Å². The van der Waals surface area contributed by atoms with Crippen LogP contribution in [0.3, 0.4) is 0 Å². The van der Waals surface area contributed by atoms with Gasteiger partial charge >= 0.3 is 12.1 Å². The van der Waals surface area contributed by atoms with Crippen LogP contribution in [0.1, 0.15) is 47.9 Å². The molecule has 0 heterocycles. The van der Waals surface area contributed by atoms with Gasteiger partial charge in [-0.1, -0.05) is 30.7 Å². The maximum Gasteiger partial charge on any atom is 0.416 e. The van der Waals surface area contributed by atoms with Crippen molar-refractivity contribution < 1.29 is 46.1 Å². The Kier molecular flexibility index (Phi) is 10.6. The minimum atomic E-state index is -4.43. The third kappa shape index (κ3) is 9.36. The molecule has 1 atom stereocenters. The third-order valence-corrected chi connectivity index (χ3v) is 6.24. The van der Waals surface area contributed by atoms with Crippen molar-refractivity contribution in [2.75, 3.05) is 6.61 Å². The molecule has 0 aliphatic heterocycles. The van der Waals surface area contributed by atoms with Crippen LogP contribution >= 0.6 is 0 Å². The van der Waals surface area contributed by atoms with E-state index in [1.165, 1.54) is 30.3 Å². The maximum absolute atomic E-state index is 14.0. The number of ether oxygens (including phenoxy) is 1. The molecule has 0 aliphatic carbocycles. The number of carboxylic acid groups (broad SMARTS) is 1. The van der Waals surface area contributed by atoms with Crippen molar-refractivity contribution in [2.45, 2.75) is 44.7 Å². The van der Waals surface area contributed by atoms with Crippen LogP contribution in [0.25, 0.3) is 6.08 Å². The van der Waals surface area contributed by atoms with Gasteiger partial charge in [0.2, 0.25) is 0 Å². The van der Waals surface area contributed by atoms with E-state index < -0.39 is 40.9 Å². The summed E-state index contributed by atoms with van der Waals surface area (Å²) in [5.74, 6) is -4.72. The molecular weight excluding hydrogens is 538 g/mol. The first-order valence-electron chi connectivity index (χ1n) is 12.6. The number of benzene rings is 3. The van der Waals surface area contributed by atoms with Crippen LogP contribution in [0.15, 0.2) is 60.7 Å². The molecule has 40 heavy (non-hydrogen) atoms. The van der Waals surface area contributed by atoms with Gasteiger partial charge in [0.05, 0.1) is 12.2 Å². The lowest BCUT2D eigenvalue weighted by Gasteiger charge is -2.15. The smallest absolute Gasteiger partial charge is 0.416 e. The van der Waals surface area contributed by atoms with Gasteiger partial charge in [-0.2, -0.15) is 13.2 Å². The highest BCUT2D eigenvalue weighted by Gasteiger charge is 2.29. The molecule has 3 aromatic carbocycles. The molecule has 0 radical (unpaired) electrons. The molecule has 1 unspecified atom stereocenters. The van der Waals surface area contributed by atoms with Gasteiger partial charge in [0.25, 0.3) is 0 Å². The molecule has 0 bridgehead atoms. The zero-order valence-corrected chi connectivity index (χ0v) is 21.4. The van der Waals surface area contributed by atoms with E-state index >= 15 is 0 Å². The van der Waals surface area contributed by atoms with Gasteiger partial charge in [0.1, 0.15) is 11.6 Å². The van der Waals surface area contributed by atoms with E-state index in [0.29, 0.717) is 42.6 Å². The Bertz CT molecular complexity index is 1300. The molecule has 0 fully saturated rings. The minimum Gasteiger partial charge on any atom is -0.503 e. The highest BCUT2D eigenvalue weighted by Crippen LogP contribution is 2.30. The van der Waals surface area contributed by atoms with Gasteiger partial charge in [-0.05, 0) is 78.8 Å². The number of unbranched alkanes of at least 4 members (excludes halogenated alkanes) is 1. The summed E-state index contributed by atoms with van der Waals surface area (Å²) in [7, 11) is 0. The summed E-state index contributed by atoms with van der Waals surface area (Å²) in [6.07, 6.45) is 0.753. The maximum atomic E-state index is 14.0. The SMILES string of the molecule is O=C(O)CCCCC(C=Cc1cc(F)ccc1OCCc1ccc(C(F)(F)F)cc1)Cc1cc(F)c(O)c(F)c1. The van der Waals surface area contributed by atoms with E-state index in [0.717, 1.165) is 24.3 Å². The number of phenols is 1. The van der Waals surface area contributed by atoms with Gasteiger partial charge in [-0.15, -0.1) is 0 Å². The van der Waals surface area contributed by atoms with Crippen molar-refractivity contribution in [3.05, 3.63) is 100 Å². The van der Waals surface area contributed by atoms with Crippen molar-refractivity contribution in [1.82, 2.24) is 0 Å². The van der Waals surface area contributed by atoms with Gasteiger partial charge < -0.3 is 14.9 Å². The number of rotatable bonds is 13. The molecular formula is C30H28F6O4. The second-order valence-corrected chi connectivity index (χ2v) is 9.35. The molecule has 0 spiro atoms. The van der Waals surface area contributed by atoms with Crippen LogP contribution in [-0.4, -0.2) is 22.8 Å².